The van der Waals surface area contributed by atoms with Crippen LogP contribution >= 0.6 is 0 Å². The minimum absolute atomic E-state index is 1.16. The third-order valence-electron chi connectivity index (χ3n) is 4.18. The van der Waals surface area contributed by atoms with Gasteiger partial charge in [-0.25, -0.2) is 0 Å². The topological polar surface area (TPSA) is 8.17 Å². The van der Waals surface area contributed by atoms with E-state index in [0.29, 0.717) is 0 Å². The summed E-state index contributed by atoms with van der Waals surface area (Å²) < 4.78 is 2.25. The van der Waals surface area contributed by atoms with Crippen LogP contribution in [0.3, 0.4) is 0 Å². The molecule has 4 aromatic rings. The molecule has 1 heterocycles. The minimum atomic E-state index is 1.16. The van der Waals surface area contributed by atoms with Crippen LogP contribution in [0.25, 0.3) is 10.9 Å². The average Bonchev–Trinajstić information content (AvgIpc) is 2.94. The van der Waals surface area contributed by atoms with Gasteiger partial charge in [-0.15, -0.1) is 0 Å². The standard InChI is InChI=1S/C21H18N2/c1-22-20-15-9-8-10-17(20)16-21(22)23(18-11-4-2-5-12-18)19-13-6-3-7-14-19/h2-16H,1H3. The van der Waals surface area contributed by atoms with Crippen molar-refractivity contribution >= 4 is 28.1 Å². The second-order valence-electron chi connectivity index (χ2n) is 5.63. The molecule has 0 amide bonds. The Balaban J connectivity index is 1.96. The summed E-state index contributed by atoms with van der Waals surface area (Å²) in [6.07, 6.45) is 0. The maximum Gasteiger partial charge on any atom is 0.118 e. The fraction of sp³-hybridized carbons (Fsp3) is 0.0476. The van der Waals surface area contributed by atoms with Crippen molar-refractivity contribution in [3.8, 4) is 0 Å². The van der Waals surface area contributed by atoms with Crippen molar-refractivity contribution in [3.63, 3.8) is 0 Å². The van der Waals surface area contributed by atoms with Gasteiger partial charge in [-0.1, -0.05) is 54.6 Å². The van der Waals surface area contributed by atoms with Crippen LogP contribution in [0.1, 0.15) is 0 Å². The summed E-state index contributed by atoms with van der Waals surface area (Å²) in [5.74, 6) is 1.16. The lowest BCUT2D eigenvalue weighted by Gasteiger charge is -2.25. The molecule has 0 saturated heterocycles. The summed E-state index contributed by atoms with van der Waals surface area (Å²) in [6.45, 7) is 0. The van der Waals surface area contributed by atoms with Crippen molar-refractivity contribution in [2.45, 2.75) is 0 Å². The first kappa shape index (κ1) is 13.6. The van der Waals surface area contributed by atoms with Gasteiger partial charge in [0.2, 0.25) is 0 Å². The molecule has 4 rings (SSSR count). The van der Waals surface area contributed by atoms with Crippen molar-refractivity contribution in [3.05, 3.63) is 91.0 Å². The number of nitrogens with zero attached hydrogens (tertiary/aromatic N) is 2. The summed E-state index contributed by atoms with van der Waals surface area (Å²) >= 11 is 0. The molecule has 0 aliphatic rings. The zero-order chi connectivity index (χ0) is 15.6. The molecule has 0 saturated carbocycles. The smallest absolute Gasteiger partial charge is 0.118 e. The normalized spacial score (nSPS) is 10.8. The molecule has 0 fully saturated rings. The van der Waals surface area contributed by atoms with Crippen LogP contribution in [-0.4, -0.2) is 4.57 Å². The van der Waals surface area contributed by atoms with Crippen molar-refractivity contribution in [1.82, 2.24) is 4.57 Å². The highest BCUT2D eigenvalue weighted by atomic mass is 15.2. The summed E-state index contributed by atoms with van der Waals surface area (Å²) in [7, 11) is 2.12. The van der Waals surface area contributed by atoms with E-state index in [0.717, 1.165) is 17.2 Å². The Bertz CT molecular complexity index is 884. The SMILES string of the molecule is Cn1c(N(c2ccccc2)c2ccccc2)cc2ccccc21. The zero-order valence-corrected chi connectivity index (χ0v) is 13.1. The van der Waals surface area contributed by atoms with E-state index in [9.17, 15) is 0 Å². The van der Waals surface area contributed by atoms with Gasteiger partial charge in [-0.2, -0.15) is 0 Å². The van der Waals surface area contributed by atoms with E-state index in [1.54, 1.807) is 0 Å². The fourth-order valence-electron chi connectivity index (χ4n) is 3.06. The molecular formula is C21H18N2. The van der Waals surface area contributed by atoms with Crippen molar-refractivity contribution in [1.29, 1.82) is 0 Å². The second kappa shape index (κ2) is 5.65. The van der Waals surface area contributed by atoms with E-state index in [1.165, 1.54) is 10.9 Å². The molecule has 23 heavy (non-hydrogen) atoms. The van der Waals surface area contributed by atoms with Gasteiger partial charge >= 0.3 is 0 Å². The molecule has 0 aliphatic carbocycles. The van der Waals surface area contributed by atoms with Crippen LogP contribution in [-0.2, 0) is 7.05 Å². The predicted octanol–water partition coefficient (Wildman–Crippen LogP) is 5.65. The first-order chi connectivity index (χ1) is 11.3. The lowest BCUT2D eigenvalue weighted by Crippen LogP contribution is -2.13. The quantitative estimate of drug-likeness (QED) is 0.474. The Kier molecular flexibility index (Phi) is 3.35. The number of rotatable bonds is 3. The molecule has 0 spiro atoms. The second-order valence-corrected chi connectivity index (χ2v) is 5.63. The highest BCUT2D eigenvalue weighted by Gasteiger charge is 2.16. The molecular weight excluding hydrogens is 280 g/mol. The van der Waals surface area contributed by atoms with Gasteiger partial charge in [0.15, 0.2) is 0 Å². The monoisotopic (exact) mass is 298 g/mol. The minimum Gasteiger partial charge on any atom is -0.330 e. The number of hydrogen-bond donors (Lipinski definition) is 0. The molecule has 2 heteroatoms. The Labute approximate surface area is 136 Å². The largest absolute Gasteiger partial charge is 0.330 e. The number of benzene rings is 3. The third kappa shape index (κ3) is 2.38. The number of hydrogen-bond acceptors (Lipinski definition) is 1. The lowest BCUT2D eigenvalue weighted by atomic mass is 10.2. The number of aryl methyl sites for hydroxylation is 1. The highest BCUT2D eigenvalue weighted by molar-refractivity contribution is 5.89. The van der Waals surface area contributed by atoms with Crippen molar-refractivity contribution in [2.75, 3.05) is 4.90 Å². The summed E-state index contributed by atoms with van der Waals surface area (Å²) in [5, 5.41) is 1.25. The maximum absolute atomic E-state index is 2.29. The van der Waals surface area contributed by atoms with Gasteiger partial charge < -0.3 is 4.57 Å². The molecule has 2 nitrogen and oxygen atoms in total. The maximum atomic E-state index is 2.29. The van der Waals surface area contributed by atoms with Crippen LogP contribution in [0.2, 0.25) is 0 Å². The Morgan fingerprint density at radius 3 is 1.74 bits per heavy atom. The number of para-hydroxylation sites is 3. The van der Waals surface area contributed by atoms with Crippen LogP contribution in [0.15, 0.2) is 91.0 Å². The first-order valence-electron chi connectivity index (χ1n) is 7.79. The van der Waals surface area contributed by atoms with E-state index in [4.69, 9.17) is 0 Å². The van der Waals surface area contributed by atoms with E-state index in [2.05, 4.69) is 95.4 Å². The van der Waals surface area contributed by atoms with Gasteiger partial charge in [-0.3, -0.25) is 4.90 Å². The van der Waals surface area contributed by atoms with E-state index < -0.39 is 0 Å². The van der Waals surface area contributed by atoms with Gasteiger partial charge in [0.1, 0.15) is 5.82 Å². The Morgan fingerprint density at radius 1 is 0.652 bits per heavy atom. The van der Waals surface area contributed by atoms with E-state index in [-0.39, 0.29) is 0 Å². The van der Waals surface area contributed by atoms with Crippen LogP contribution in [0, 0.1) is 0 Å². The molecule has 0 bridgehead atoms. The fourth-order valence-corrected chi connectivity index (χ4v) is 3.06. The molecule has 0 N–H and O–H groups in total. The molecule has 0 radical (unpaired) electrons. The summed E-state index contributed by atoms with van der Waals surface area (Å²) in [6, 6.07) is 31.7. The molecule has 0 atom stereocenters. The van der Waals surface area contributed by atoms with Crippen LogP contribution in [0.4, 0.5) is 17.2 Å². The molecule has 3 aromatic carbocycles. The zero-order valence-electron chi connectivity index (χ0n) is 13.1. The predicted molar refractivity (Wildman–Crippen MR) is 97.6 cm³/mol. The summed E-state index contributed by atoms with van der Waals surface area (Å²) in [5.41, 5.74) is 3.55. The average molecular weight is 298 g/mol. The number of aromatic nitrogens is 1. The van der Waals surface area contributed by atoms with Crippen molar-refractivity contribution < 1.29 is 0 Å². The third-order valence-corrected chi connectivity index (χ3v) is 4.18. The number of anilines is 3. The summed E-state index contributed by atoms with van der Waals surface area (Å²) in [4.78, 5) is 2.29. The lowest BCUT2D eigenvalue weighted by molar-refractivity contribution is 0.948. The Hall–Kier alpha value is -3.00. The van der Waals surface area contributed by atoms with Gasteiger partial charge in [0, 0.05) is 29.3 Å². The highest BCUT2D eigenvalue weighted by Crippen LogP contribution is 2.36. The van der Waals surface area contributed by atoms with Gasteiger partial charge in [0.05, 0.1) is 0 Å². The van der Waals surface area contributed by atoms with Gasteiger partial charge in [-0.05, 0) is 36.4 Å². The molecule has 0 unspecified atom stereocenters. The van der Waals surface area contributed by atoms with Crippen LogP contribution in [0.5, 0.6) is 0 Å². The molecule has 1 aromatic heterocycles. The van der Waals surface area contributed by atoms with Gasteiger partial charge in [0.25, 0.3) is 0 Å². The molecule has 112 valence electrons. The first-order valence-corrected chi connectivity index (χ1v) is 7.79. The Morgan fingerprint density at radius 2 is 1.17 bits per heavy atom. The number of fused-ring (bicyclic) bond motifs is 1. The van der Waals surface area contributed by atoms with E-state index >= 15 is 0 Å². The molecule has 0 aliphatic heterocycles. The van der Waals surface area contributed by atoms with E-state index in [1.807, 2.05) is 12.1 Å². The van der Waals surface area contributed by atoms with Crippen molar-refractivity contribution in [2.24, 2.45) is 7.05 Å². The van der Waals surface area contributed by atoms with Crippen LogP contribution < -0.4 is 4.90 Å².